The predicted molar refractivity (Wildman–Crippen MR) is 57.3 cm³/mol. The average molecular weight is 263 g/mol. The summed E-state index contributed by atoms with van der Waals surface area (Å²) in [5, 5.41) is 0. The Morgan fingerprint density at radius 1 is 1.14 bits per heavy atom. The largest absolute Gasteiger partial charge is 0.206 e. The van der Waals surface area contributed by atoms with Crippen LogP contribution in [-0.4, -0.2) is 0 Å². The van der Waals surface area contributed by atoms with Crippen molar-refractivity contribution < 1.29 is 8.78 Å². The van der Waals surface area contributed by atoms with Gasteiger partial charge < -0.3 is 0 Å². The van der Waals surface area contributed by atoms with Gasteiger partial charge >= 0.3 is 0 Å². The molecule has 0 spiro atoms. The van der Waals surface area contributed by atoms with Gasteiger partial charge in [0.05, 0.1) is 4.47 Å². The van der Waals surface area contributed by atoms with E-state index in [9.17, 15) is 8.78 Å². The highest BCUT2D eigenvalue weighted by atomic mass is 79.9. The number of unbranched alkanes of at least 4 members (excludes halogenated alkanes) is 2. The Kier molecular flexibility index (Phi) is 4.52. The molecule has 3 heteroatoms. The molecule has 0 aliphatic heterocycles. The Labute approximate surface area is 91.5 Å². The van der Waals surface area contributed by atoms with Crippen molar-refractivity contribution in [2.45, 2.75) is 32.6 Å². The van der Waals surface area contributed by atoms with Gasteiger partial charge in [-0.2, -0.15) is 0 Å². The van der Waals surface area contributed by atoms with Crippen LogP contribution in [0.3, 0.4) is 0 Å². The third-order valence-electron chi connectivity index (χ3n) is 2.11. The Morgan fingerprint density at radius 2 is 1.71 bits per heavy atom. The SMILES string of the molecule is CCCCCc1cc(F)c(Br)c(F)c1. The van der Waals surface area contributed by atoms with Crippen LogP contribution >= 0.6 is 15.9 Å². The van der Waals surface area contributed by atoms with Crippen LogP contribution in [0.15, 0.2) is 16.6 Å². The molecule has 14 heavy (non-hydrogen) atoms. The molecule has 0 heterocycles. The van der Waals surface area contributed by atoms with Gasteiger partial charge in [-0.05, 0) is 46.5 Å². The van der Waals surface area contributed by atoms with Crippen molar-refractivity contribution in [3.63, 3.8) is 0 Å². The molecular formula is C11H13BrF2. The number of hydrogen-bond donors (Lipinski definition) is 0. The maximum Gasteiger partial charge on any atom is 0.140 e. The van der Waals surface area contributed by atoms with Gasteiger partial charge in [-0.15, -0.1) is 0 Å². The van der Waals surface area contributed by atoms with Gasteiger partial charge in [0.1, 0.15) is 11.6 Å². The van der Waals surface area contributed by atoms with Crippen molar-refractivity contribution in [3.8, 4) is 0 Å². The van der Waals surface area contributed by atoms with Crippen molar-refractivity contribution in [1.29, 1.82) is 0 Å². The lowest BCUT2D eigenvalue weighted by Crippen LogP contribution is -1.91. The molecule has 0 atom stereocenters. The van der Waals surface area contributed by atoms with Crippen LogP contribution in [0.25, 0.3) is 0 Å². The van der Waals surface area contributed by atoms with Crippen molar-refractivity contribution in [3.05, 3.63) is 33.8 Å². The zero-order chi connectivity index (χ0) is 10.6. The molecule has 78 valence electrons. The Bertz CT molecular complexity index is 287. The minimum Gasteiger partial charge on any atom is -0.206 e. The second-order valence-electron chi connectivity index (χ2n) is 3.33. The molecule has 1 rings (SSSR count). The highest BCUT2D eigenvalue weighted by Gasteiger charge is 2.07. The maximum atomic E-state index is 13.1. The van der Waals surface area contributed by atoms with E-state index in [2.05, 4.69) is 22.9 Å². The van der Waals surface area contributed by atoms with Crippen LogP contribution in [0, 0.1) is 11.6 Å². The molecule has 0 bridgehead atoms. The van der Waals surface area contributed by atoms with E-state index in [4.69, 9.17) is 0 Å². The first kappa shape index (κ1) is 11.6. The number of rotatable bonds is 4. The zero-order valence-electron chi connectivity index (χ0n) is 8.12. The van der Waals surface area contributed by atoms with E-state index in [-0.39, 0.29) is 4.47 Å². The minimum atomic E-state index is -0.517. The molecule has 0 aliphatic carbocycles. The molecule has 0 nitrogen and oxygen atoms in total. The van der Waals surface area contributed by atoms with Crippen LogP contribution < -0.4 is 0 Å². The summed E-state index contributed by atoms with van der Waals surface area (Å²) in [6, 6.07) is 2.78. The molecular weight excluding hydrogens is 250 g/mol. The molecule has 0 radical (unpaired) electrons. The molecule has 0 aliphatic rings. The van der Waals surface area contributed by atoms with Gasteiger partial charge in [0, 0.05) is 0 Å². The van der Waals surface area contributed by atoms with Gasteiger partial charge in [-0.3, -0.25) is 0 Å². The summed E-state index contributed by atoms with van der Waals surface area (Å²) in [7, 11) is 0. The second-order valence-corrected chi connectivity index (χ2v) is 4.12. The molecule has 0 saturated carbocycles. The normalized spacial score (nSPS) is 10.6. The zero-order valence-corrected chi connectivity index (χ0v) is 9.70. The van der Waals surface area contributed by atoms with E-state index in [0.717, 1.165) is 31.2 Å². The topological polar surface area (TPSA) is 0 Å². The number of hydrogen-bond acceptors (Lipinski definition) is 0. The van der Waals surface area contributed by atoms with Crippen molar-refractivity contribution in [1.82, 2.24) is 0 Å². The summed E-state index contributed by atoms with van der Waals surface area (Å²) in [5.74, 6) is -1.03. The van der Waals surface area contributed by atoms with Gasteiger partial charge in [-0.25, -0.2) is 8.78 Å². The lowest BCUT2D eigenvalue weighted by atomic mass is 10.1. The van der Waals surface area contributed by atoms with Crippen LogP contribution in [0.1, 0.15) is 31.7 Å². The molecule has 0 fully saturated rings. The summed E-state index contributed by atoms with van der Waals surface area (Å²) in [6.45, 7) is 2.10. The fourth-order valence-electron chi connectivity index (χ4n) is 1.33. The monoisotopic (exact) mass is 262 g/mol. The molecule has 0 amide bonds. The molecule has 1 aromatic carbocycles. The van der Waals surface area contributed by atoms with E-state index < -0.39 is 11.6 Å². The fraction of sp³-hybridized carbons (Fsp3) is 0.455. The molecule has 0 aromatic heterocycles. The lowest BCUT2D eigenvalue weighted by molar-refractivity contribution is 0.566. The van der Waals surface area contributed by atoms with Crippen LogP contribution in [0.5, 0.6) is 0 Å². The van der Waals surface area contributed by atoms with Crippen molar-refractivity contribution >= 4 is 15.9 Å². The highest BCUT2D eigenvalue weighted by Crippen LogP contribution is 2.22. The van der Waals surface area contributed by atoms with E-state index in [1.165, 1.54) is 12.1 Å². The van der Waals surface area contributed by atoms with Crippen molar-refractivity contribution in [2.24, 2.45) is 0 Å². The Balaban J connectivity index is 2.69. The molecule has 1 aromatic rings. The van der Waals surface area contributed by atoms with E-state index in [1.54, 1.807) is 0 Å². The van der Waals surface area contributed by atoms with E-state index in [1.807, 2.05) is 0 Å². The number of benzene rings is 1. The molecule has 0 N–H and O–H groups in total. The first-order valence-electron chi connectivity index (χ1n) is 4.78. The second kappa shape index (κ2) is 5.44. The van der Waals surface area contributed by atoms with Gasteiger partial charge in [0.25, 0.3) is 0 Å². The highest BCUT2D eigenvalue weighted by molar-refractivity contribution is 9.10. The minimum absolute atomic E-state index is 0.0725. The Hall–Kier alpha value is -0.440. The summed E-state index contributed by atoms with van der Waals surface area (Å²) < 4.78 is 26.1. The standard InChI is InChI=1S/C11H13BrF2/c1-2-3-4-5-8-6-9(13)11(12)10(14)7-8/h6-7H,2-5H2,1H3. The first-order chi connectivity index (χ1) is 6.65. The van der Waals surface area contributed by atoms with Gasteiger partial charge in [0.15, 0.2) is 0 Å². The number of aryl methyl sites for hydroxylation is 1. The summed E-state index contributed by atoms with van der Waals surface area (Å²) in [6.07, 6.45) is 3.94. The predicted octanol–water partition coefficient (Wildman–Crippen LogP) is 4.46. The van der Waals surface area contributed by atoms with Gasteiger partial charge in [-0.1, -0.05) is 19.8 Å². The van der Waals surface area contributed by atoms with Crippen molar-refractivity contribution in [2.75, 3.05) is 0 Å². The quantitative estimate of drug-likeness (QED) is 0.555. The summed E-state index contributed by atoms with van der Waals surface area (Å²) in [5.41, 5.74) is 0.733. The van der Waals surface area contributed by atoms with E-state index in [0.29, 0.717) is 0 Å². The Morgan fingerprint density at radius 3 is 2.21 bits per heavy atom. The van der Waals surface area contributed by atoms with Gasteiger partial charge in [0.2, 0.25) is 0 Å². The molecule has 0 saturated heterocycles. The average Bonchev–Trinajstić information content (AvgIpc) is 2.14. The first-order valence-corrected chi connectivity index (χ1v) is 5.58. The van der Waals surface area contributed by atoms with Crippen LogP contribution in [0.4, 0.5) is 8.78 Å². The fourth-order valence-corrected chi connectivity index (χ4v) is 1.56. The third kappa shape index (κ3) is 3.05. The molecule has 0 unspecified atom stereocenters. The third-order valence-corrected chi connectivity index (χ3v) is 2.87. The summed E-state index contributed by atoms with van der Waals surface area (Å²) in [4.78, 5) is 0. The van der Waals surface area contributed by atoms with Crippen LogP contribution in [0.2, 0.25) is 0 Å². The number of halogens is 3. The smallest absolute Gasteiger partial charge is 0.140 e. The lowest BCUT2D eigenvalue weighted by Gasteiger charge is -2.03. The summed E-state index contributed by atoms with van der Waals surface area (Å²) >= 11 is 2.85. The maximum absolute atomic E-state index is 13.1. The van der Waals surface area contributed by atoms with E-state index >= 15 is 0 Å². The van der Waals surface area contributed by atoms with Crippen LogP contribution in [-0.2, 0) is 6.42 Å².